The number of carbonyl (C=O) groups is 2. The number of hydrogen-bond donors (Lipinski definition) is 0. The summed E-state index contributed by atoms with van der Waals surface area (Å²) >= 11 is 0. The zero-order valence-corrected chi connectivity index (χ0v) is 10.1. The second-order valence-electron chi connectivity index (χ2n) is 3.66. The van der Waals surface area contributed by atoms with Crippen LogP contribution in [0.15, 0.2) is 12.2 Å². The molecule has 0 unspecified atom stereocenters. The summed E-state index contributed by atoms with van der Waals surface area (Å²) in [6.45, 7) is 5.53. The summed E-state index contributed by atoms with van der Waals surface area (Å²) in [5.41, 5.74) is 0.422. The summed E-state index contributed by atoms with van der Waals surface area (Å²) in [4.78, 5) is 21.7. The fourth-order valence-corrected chi connectivity index (χ4v) is 1.12. The standard InChI is InChI=1S/C12H20O4/c1-10(2)12(14)16-9-7-5-4-6-8-11(13)15-3/h1,4-9H2,2-3H3. The number of unbranched alkanes of at least 4 members (excludes halogenated alkanes) is 3. The van der Waals surface area contributed by atoms with E-state index in [1.54, 1.807) is 6.92 Å². The van der Waals surface area contributed by atoms with E-state index in [1.165, 1.54) is 7.11 Å². The molecule has 0 rings (SSSR count). The van der Waals surface area contributed by atoms with Gasteiger partial charge in [0.2, 0.25) is 0 Å². The predicted octanol–water partition coefficient (Wildman–Crippen LogP) is 2.23. The first-order valence-electron chi connectivity index (χ1n) is 5.47. The minimum absolute atomic E-state index is 0.172. The molecule has 0 aromatic carbocycles. The van der Waals surface area contributed by atoms with Crippen molar-refractivity contribution >= 4 is 11.9 Å². The zero-order valence-electron chi connectivity index (χ0n) is 10.1. The molecule has 4 nitrogen and oxygen atoms in total. The van der Waals surface area contributed by atoms with Gasteiger partial charge < -0.3 is 9.47 Å². The quantitative estimate of drug-likeness (QED) is 0.363. The molecular weight excluding hydrogens is 208 g/mol. The fraction of sp³-hybridized carbons (Fsp3) is 0.667. The normalized spacial score (nSPS) is 9.62. The maximum Gasteiger partial charge on any atom is 0.333 e. The van der Waals surface area contributed by atoms with Crippen molar-refractivity contribution in [3.8, 4) is 0 Å². The van der Waals surface area contributed by atoms with Crippen LogP contribution in [-0.2, 0) is 19.1 Å². The number of hydrogen-bond acceptors (Lipinski definition) is 4. The van der Waals surface area contributed by atoms with Crippen molar-refractivity contribution in [2.45, 2.75) is 39.0 Å². The van der Waals surface area contributed by atoms with Crippen molar-refractivity contribution in [2.75, 3.05) is 13.7 Å². The molecule has 92 valence electrons. The third-order valence-electron chi connectivity index (χ3n) is 2.08. The van der Waals surface area contributed by atoms with E-state index >= 15 is 0 Å². The summed E-state index contributed by atoms with van der Waals surface area (Å²) < 4.78 is 9.44. The molecule has 0 aliphatic rings. The van der Waals surface area contributed by atoms with Gasteiger partial charge in [-0.2, -0.15) is 0 Å². The van der Waals surface area contributed by atoms with Gasteiger partial charge in [-0.1, -0.05) is 19.4 Å². The average molecular weight is 228 g/mol. The van der Waals surface area contributed by atoms with Gasteiger partial charge in [-0.05, 0) is 19.8 Å². The van der Waals surface area contributed by atoms with Gasteiger partial charge in [-0.3, -0.25) is 4.79 Å². The molecule has 0 aliphatic carbocycles. The van der Waals surface area contributed by atoms with Crippen LogP contribution in [-0.4, -0.2) is 25.7 Å². The Morgan fingerprint density at radius 3 is 2.31 bits per heavy atom. The molecule has 0 saturated heterocycles. The Bertz CT molecular complexity index is 245. The molecular formula is C12H20O4. The summed E-state index contributed by atoms with van der Waals surface area (Å²) in [5.74, 6) is -0.511. The molecule has 0 spiro atoms. The average Bonchev–Trinajstić information content (AvgIpc) is 2.26. The van der Waals surface area contributed by atoms with Gasteiger partial charge in [0, 0.05) is 12.0 Å². The number of esters is 2. The molecule has 0 atom stereocenters. The summed E-state index contributed by atoms with van der Waals surface area (Å²) in [6, 6.07) is 0. The molecule has 0 aliphatic heterocycles. The third kappa shape index (κ3) is 8.03. The van der Waals surface area contributed by atoms with E-state index in [9.17, 15) is 9.59 Å². The molecule has 0 N–H and O–H groups in total. The van der Waals surface area contributed by atoms with E-state index in [1.807, 2.05) is 0 Å². The number of rotatable bonds is 8. The number of methoxy groups -OCH3 is 1. The summed E-state index contributed by atoms with van der Waals surface area (Å²) in [7, 11) is 1.39. The maximum atomic E-state index is 11.0. The van der Waals surface area contributed by atoms with Crippen molar-refractivity contribution in [2.24, 2.45) is 0 Å². The minimum Gasteiger partial charge on any atom is -0.469 e. The van der Waals surface area contributed by atoms with Crippen LogP contribution in [0.3, 0.4) is 0 Å². The lowest BCUT2D eigenvalue weighted by molar-refractivity contribution is -0.140. The third-order valence-corrected chi connectivity index (χ3v) is 2.08. The topological polar surface area (TPSA) is 52.6 Å². The smallest absolute Gasteiger partial charge is 0.333 e. The molecule has 4 heteroatoms. The molecule has 0 radical (unpaired) electrons. The van der Waals surface area contributed by atoms with Crippen LogP contribution in [0.2, 0.25) is 0 Å². The lowest BCUT2D eigenvalue weighted by Gasteiger charge is -2.03. The highest BCUT2D eigenvalue weighted by Gasteiger charge is 2.02. The first-order chi connectivity index (χ1) is 7.57. The van der Waals surface area contributed by atoms with Crippen LogP contribution < -0.4 is 0 Å². The first kappa shape index (κ1) is 14.7. The predicted molar refractivity (Wildman–Crippen MR) is 60.9 cm³/mol. The van der Waals surface area contributed by atoms with E-state index in [0.717, 1.165) is 25.7 Å². The van der Waals surface area contributed by atoms with Gasteiger partial charge in [-0.25, -0.2) is 4.79 Å². The molecule has 16 heavy (non-hydrogen) atoms. The van der Waals surface area contributed by atoms with Crippen LogP contribution in [0.1, 0.15) is 39.0 Å². The SMILES string of the molecule is C=C(C)C(=O)OCCCCCCC(=O)OC. The minimum atomic E-state index is -0.338. The van der Waals surface area contributed by atoms with E-state index in [-0.39, 0.29) is 11.9 Å². The highest BCUT2D eigenvalue weighted by molar-refractivity contribution is 5.86. The Balaban J connectivity index is 3.25. The Morgan fingerprint density at radius 2 is 1.75 bits per heavy atom. The molecule has 0 bridgehead atoms. The molecule has 0 aromatic rings. The van der Waals surface area contributed by atoms with Crippen LogP contribution in [0.5, 0.6) is 0 Å². The molecule has 0 heterocycles. The van der Waals surface area contributed by atoms with Gasteiger partial charge >= 0.3 is 11.9 Å². The second-order valence-corrected chi connectivity index (χ2v) is 3.66. The monoisotopic (exact) mass is 228 g/mol. The maximum absolute atomic E-state index is 11.0. The van der Waals surface area contributed by atoms with Crippen molar-refractivity contribution in [1.29, 1.82) is 0 Å². The van der Waals surface area contributed by atoms with Crippen molar-refractivity contribution in [3.05, 3.63) is 12.2 Å². The van der Waals surface area contributed by atoms with Gasteiger partial charge in [0.05, 0.1) is 13.7 Å². The summed E-state index contributed by atoms with van der Waals surface area (Å²) in [5, 5.41) is 0. The van der Waals surface area contributed by atoms with Crippen LogP contribution in [0.4, 0.5) is 0 Å². The highest BCUT2D eigenvalue weighted by atomic mass is 16.5. The van der Waals surface area contributed by atoms with Crippen LogP contribution in [0.25, 0.3) is 0 Å². The number of ether oxygens (including phenoxy) is 2. The van der Waals surface area contributed by atoms with Gasteiger partial charge in [-0.15, -0.1) is 0 Å². The highest BCUT2D eigenvalue weighted by Crippen LogP contribution is 2.04. The zero-order chi connectivity index (χ0) is 12.4. The Hall–Kier alpha value is -1.32. The van der Waals surface area contributed by atoms with Crippen LogP contribution >= 0.6 is 0 Å². The molecule has 0 saturated carbocycles. The van der Waals surface area contributed by atoms with Gasteiger partial charge in [0.15, 0.2) is 0 Å². The van der Waals surface area contributed by atoms with Gasteiger partial charge in [0.1, 0.15) is 0 Å². The van der Waals surface area contributed by atoms with Gasteiger partial charge in [0.25, 0.3) is 0 Å². The second kappa shape index (κ2) is 8.95. The lowest BCUT2D eigenvalue weighted by atomic mass is 10.1. The Labute approximate surface area is 96.6 Å². The van der Waals surface area contributed by atoms with E-state index < -0.39 is 0 Å². The van der Waals surface area contributed by atoms with E-state index in [0.29, 0.717) is 18.6 Å². The van der Waals surface area contributed by atoms with E-state index in [2.05, 4.69) is 11.3 Å². The largest absolute Gasteiger partial charge is 0.469 e. The molecule has 0 fully saturated rings. The van der Waals surface area contributed by atoms with Crippen molar-refractivity contribution in [3.63, 3.8) is 0 Å². The lowest BCUT2D eigenvalue weighted by Crippen LogP contribution is -2.06. The summed E-state index contributed by atoms with van der Waals surface area (Å²) in [6.07, 6.45) is 3.99. The first-order valence-corrected chi connectivity index (χ1v) is 5.47. The van der Waals surface area contributed by atoms with Crippen molar-refractivity contribution in [1.82, 2.24) is 0 Å². The Morgan fingerprint density at radius 1 is 1.12 bits per heavy atom. The fourth-order valence-electron chi connectivity index (χ4n) is 1.12. The van der Waals surface area contributed by atoms with E-state index in [4.69, 9.17) is 4.74 Å². The molecule has 0 aromatic heterocycles. The molecule has 0 amide bonds. The Kier molecular flexibility index (Phi) is 8.21. The number of carbonyl (C=O) groups excluding carboxylic acids is 2. The van der Waals surface area contributed by atoms with Crippen molar-refractivity contribution < 1.29 is 19.1 Å². The van der Waals surface area contributed by atoms with Crippen LogP contribution in [0, 0.1) is 0 Å².